The van der Waals surface area contributed by atoms with Crippen LogP contribution in [-0.2, 0) is 16.1 Å². The molecule has 2 N–H and O–H groups in total. The molecule has 0 aliphatic carbocycles. The van der Waals surface area contributed by atoms with Crippen molar-refractivity contribution in [3.05, 3.63) is 65.8 Å². The molecule has 0 fully saturated rings. The van der Waals surface area contributed by atoms with Crippen molar-refractivity contribution < 1.29 is 19.8 Å². The second-order valence-corrected chi connectivity index (χ2v) is 4.66. The number of imidazole rings is 1. The molecule has 0 aliphatic heterocycles. The quantitative estimate of drug-likeness (QED) is 0.845. The van der Waals surface area contributed by atoms with Gasteiger partial charge in [-0.3, -0.25) is 0 Å². The number of rotatable bonds is 4. The first-order chi connectivity index (χ1) is 10.4. The van der Waals surface area contributed by atoms with Crippen LogP contribution in [0.15, 0.2) is 49.1 Å². The lowest BCUT2D eigenvalue weighted by Gasteiger charge is -2.05. The number of benzene rings is 1. The number of carboxylic acids is 2. The zero-order valence-corrected chi connectivity index (χ0v) is 12.4. The summed E-state index contributed by atoms with van der Waals surface area (Å²) in [5.41, 5.74) is 4.02. The van der Waals surface area contributed by atoms with E-state index in [9.17, 15) is 9.59 Å². The summed E-state index contributed by atoms with van der Waals surface area (Å²) in [4.78, 5) is 23.1. The molecular formula is C16H18N2O4. The van der Waals surface area contributed by atoms with Crippen LogP contribution in [0.25, 0.3) is 0 Å². The van der Waals surface area contributed by atoms with E-state index in [0.29, 0.717) is 12.2 Å². The molecule has 0 aliphatic rings. The summed E-state index contributed by atoms with van der Waals surface area (Å²) >= 11 is 0. The van der Waals surface area contributed by atoms with Crippen molar-refractivity contribution in [3.63, 3.8) is 0 Å². The average Bonchev–Trinajstić information content (AvgIpc) is 2.94. The van der Waals surface area contributed by atoms with E-state index in [-0.39, 0.29) is 0 Å². The molecule has 6 heteroatoms. The van der Waals surface area contributed by atoms with E-state index >= 15 is 0 Å². The molecular weight excluding hydrogens is 284 g/mol. The Morgan fingerprint density at radius 2 is 1.77 bits per heavy atom. The molecule has 1 aromatic heterocycles. The van der Waals surface area contributed by atoms with Crippen LogP contribution in [0.3, 0.4) is 0 Å². The third-order valence-electron chi connectivity index (χ3n) is 2.86. The fraction of sp³-hybridized carbons (Fsp3) is 0.188. The summed E-state index contributed by atoms with van der Waals surface area (Å²) in [7, 11) is 0. The molecule has 0 atom stereocenters. The van der Waals surface area contributed by atoms with Crippen molar-refractivity contribution in [2.75, 3.05) is 0 Å². The van der Waals surface area contributed by atoms with E-state index in [4.69, 9.17) is 10.2 Å². The number of hydrogen-bond acceptors (Lipinski definition) is 3. The summed E-state index contributed by atoms with van der Waals surface area (Å²) in [6, 6.07) is 6.57. The Labute approximate surface area is 128 Å². The van der Waals surface area contributed by atoms with Gasteiger partial charge in [0, 0.05) is 31.1 Å². The number of hydrogen-bond donors (Lipinski definition) is 2. The minimum Gasteiger partial charge on any atom is -0.478 e. The number of carboxylic acid groups (broad SMARTS) is 2. The number of nitrogens with zero attached hydrogens (tertiary/aromatic N) is 2. The maximum Gasteiger partial charge on any atom is 0.328 e. The second-order valence-electron chi connectivity index (χ2n) is 4.66. The first-order valence-electron chi connectivity index (χ1n) is 6.54. The Hall–Kier alpha value is -2.89. The lowest BCUT2D eigenvalue weighted by atomic mass is 10.1. The predicted molar refractivity (Wildman–Crippen MR) is 81.7 cm³/mol. The molecule has 6 nitrogen and oxygen atoms in total. The molecule has 116 valence electrons. The smallest absolute Gasteiger partial charge is 0.328 e. The fourth-order valence-electron chi connectivity index (χ4n) is 1.64. The summed E-state index contributed by atoms with van der Waals surface area (Å²) in [6.45, 7) is 5.18. The van der Waals surface area contributed by atoms with Gasteiger partial charge < -0.3 is 14.8 Å². The van der Waals surface area contributed by atoms with E-state index in [1.807, 2.05) is 12.5 Å². The van der Waals surface area contributed by atoms with Gasteiger partial charge in [0.05, 0.1) is 6.33 Å². The lowest BCUT2D eigenvalue weighted by Crippen LogP contribution is -1.97. The Bertz CT molecular complexity index is 645. The molecule has 1 heterocycles. The van der Waals surface area contributed by atoms with Gasteiger partial charge in [0.15, 0.2) is 0 Å². The van der Waals surface area contributed by atoms with E-state index < -0.39 is 11.9 Å². The Morgan fingerprint density at radius 1 is 1.14 bits per heavy atom. The first kappa shape index (κ1) is 17.2. The first-order valence-corrected chi connectivity index (χ1v) is 6.54. The molecule has 0 amide bonds. The zero-order chi connectivity index (χ0) is 16.5. The van der Waals surface area contributed by atoms with Gasteiger partial charge in [-0.25, -0.2) is 14.6 Å². The highest BCUT2D eigenvalue weighted by Crippen LogP contribution is 2.10. The molecule has 2 rings (SSSR count). The van der Waals surface area contributed by atoms with Gasteiger partial charge in [-0.1, -0.05) is 18.2 Å². The maximum atomic E-state index is 9.55. The van der Waals surface area contributed by atoms with Crippen molar-refractivity contribution >= 4 is 11.9 Å². The Balaban J connectivity index is 0.000000261. The van der Waals surface area contributed by atoms with Gasteiger partial charge in [-0.2, -0.15) is 0 Å². The molecule has 1 aromatic carbocycles. The second kappa shape index (κ2) is 8.41. The van der Waals surface area contributed by atoms with Crippen LogP contribution >= 0.6 is 0 Å². The van der Waals surface area contributed by atoms with E-state index in [2.05, 4.69) is 41.6 Å². The van der Waals surface area contributed by atoms with Crippen LogP contribution in [0.1, 0.15) is 16.7 Å². The van der Waals surface area contributed by atoms with Gasteiger partial charge in [0.25, 0.3) is 0 Å². The van der Waals surface area contributed by atoms with Gasteiger partial charge in [0.2, 0.25) is 0 Å². The van der Waals surface area contributed by atoms with Crippen LogP contribution in [0, 0.1) is 13.8 Å². The maximum absolute atomic E-state index is 9.55. The highest BCUT2D eigenvalue weighted by Gasteiger charge is 1.97. The van der Waals surface area contributed by atoms with Crippen molar-refractivity contribution in [1.82, 2.24) is 9.55 Å². The van der Waals surface area contributed by atoms with Gasteiger partial charge >= 0.3 is 11.9 Å². The van der Waals surface area contributed by atoms with Crippen molar-refractivity contribution in [3.8, 4) is 0 Å². The highest BCUT2D eigenvalue weighted by atomic mass is 16.4. The zero-order valence-electron chi connectivity index (χ0n) is 12.4. The third-order valence-corrected chi connectivity index (χ3v) is 2.86. The average molecular weight is 302 g/mol. The van der Waals surface area contributed by atoms with Crippen molar-refractivity contribution in [1.29, 1.82) is 0 Å². The Morgan fingerprint density at radius 3 is 2.23 bits per heavy atom. The SMILES string of the molecule is Cc1ccc(Cn2ccnc2)cc1C.O=C(O)C=CC(=O)O. The summed E-state index contributed by atoms with van der Waals surface area (Å²) in [5.74, 6) is -2.51. The summed E-state index contributed by atoms with van der Waals surface area (Å²) in [5, 5.41) is 15.6. The minimum atomic E-state index is -1.26. The summed E-state index contributed by atoms with van der Waals surface area (Å²) in [6.07, 6.45) is 6.75. The molecule has 0 bridgehead atoms. The Kier molecular flexibility index (Phi) is 6.56. The molecule has 0 unspecified atom stereocenters. The van der Waals surface area contributed by atoms with Crippen molar-refractivity contribution in [2.24, 2.45) is 0 Å². The monoisotopic (exact) mass is 302 g/mol. The van der Waals surface area contributed by atoms with Crippen LogP contribution in [0.5, 0.6) is 0 Å². The number of aromatic nitrogens is 2. The largest absolute Gasteiger partial charge is 0.478 e. The van der Waals surface area contributed by atoms with Crippen LogP contribution in [-0.4, -0.2) is 31.7 Å². The van der Waals surface area contributed by atoms with Crippen molar-refractivity contribution in [2.45, 2.75) is 20.4 Å². The molecule has 0 spiro atoms. The topological polar surface area (TPSA) is 92.4 Å². The predicted octanol–water partition coefficient (Wildman–Crippen LogP) is 2.26. The standard InChI is InChI=1S/C12H14N2.C4H4O4/c1-10-3-4-12(7-11(10)2)8-14-6-5-13-9-14;5-3(6)1-2-4(7)8/h3-7,9H,8H2,1-2H3;1-2H,(H,5,6)(H,7,8). The molecule has 22 heavy (non-hydrogen) atoms. The van der Waals surface area contributed by atoms with Gasteiger partial charge in [-0.05, 0) is 30.5 Å². The number of carbonyl (C=O) groups is 2. The minimum absolute atomic E-state index is 0.558. The normalized spacial score (nSPS) is 10.1. The number of aliphatic carboxylic acids is 2. The molecule has 0 radical (unpaired) electrons. The van der Waals surface area contributed by atoms with Gasteiger partial charge in [-0.15, -0.1) is 0 Å². The summed E-state index contributed by atoms with van der Waals surface area (Å²) < 4.78 is 2.07. The lowest BCUT2D eigenvalue weighted by molar-refractivity contribution is -0.134. The fourth-order valence-corrected chi connectivity index (χ4v) is 1.64. The number of aryl methyl sites for hydroxylation is 2. The van der Waals surface area contributed by atoms with Crippen LogP contribution < -0.4 is 0 Å². The van der Waals surface area contributed by atoms with Crippen LogP contribution in [0.4, 0.5) is 0 Å². The highest BCUT2D eigenvalue weighted by molar-refractivity contribution is 5.89. The van der Waals surface area contributed by atoms with Crippen LogP contribution in [0.2, 0.25) is 0 Å². The van der Waals surface area contributed by atoms with E-state index in [1.165, 1.54) is 16.7 Å². The van der Waals surface area contributed by atoms with E-state index in [0.717, 1.165) is 6.54 Å². The van der Waals surface area contributed by atoms with E-state index in [1.54, 1.807) is 6.20 Å². The molecule has 0 saturated carbocycles. The van der Waals surface area contributed by atoms with Gasteiger partial charge in [0.1, 0.15) is 0 Å². The molecule has 0 saturated heterocycles. The third kappa shape index (κ3) is 6.51. The molecule has 2 aromatic rings.